The van der Waals surface area contributed by atoms with Gasteiger partial charge in [0.15, 0.2) is 5.78 Å². The van der Waals surface area contributed by atoms with Gasteiger partial charge in [0.25, 0.3) is 11.6 Å². The number of thioether (sulfide) groups is 2. The Labute approximate surface area is 321 Å². The van der Waals surface area contributed by atoms with Crippen LogP contribution in [-0.4, -0.2) is 93.1 Å². The quantitative estimate of drug-likeness (QED) is 0.0220. The number of nitrogens with one attached hydrogen (secondary N) is 5. The number of hydrogen-bond acceptors (Lipinski definition) is 11. The number of carbonyl (C=O) groups excluding carboxylic acids is 6. The van der Waals surface area contributed by atoms with Crippen LogP contribution >= 0.6 is 23.5 Å². The molecule has 6 atom stereocenters. The summed E-state index contributed by atoms with van der Waals surface area (Å²) < 4.78 is 5.17. The van der Waals surface area contributed by atoms with Crippen LogP contribution in [0.1, 0.15) is 85.4 Å². The molecule has 0 bridgehead atoms. The molecular formula is C37H46N6O9S2. The highest BCUT2D eigenvalue weighted by atomic mass is 32.2. The van der Waals surface area contributed by atoms with Crippen molar-refractivity contribution in [2.45, 2.75) is 99.4 Å². The van der Waals surface area contributed by atoms with Gasteiger partial charge in [0, 0.05) is 64.7 Å². The first-order valence-corrected chi connectivity index (χ1v) is 20.4. The zero-order valence-electron chi connectivity index (χ0n) is 30.0. The first-order valence-electron chi connectivity index (χ1n) is 18.3. The van der Waals surface area contributed by atoms with Crippen molar-refractivity contribution < 1.29 is 38.4 Å². The Morgan fingerprint density at radius 3 is 1.85 bits per heavy atom. The van der Waals surface area contributed by atoms with E-state index in [0.29, 0.717) is 53.2 Å². The van der Waals surface area contributed by atoms with E-state index >= 15 is 0 Å². The maximum atomic E-state index is 12.3. The highest BCUT2D eigenvalue weighted by Gasteiger charge is 2.43. The second-order valence-electron chi connectivity index (χ2n) is 13.5. The number of carbonyl (C=O) groups is 6. The lowest BCUT2D eigenvalue weighted by Crippen LogP contribution is -2.36. The van der Waals surface area contributed by atoms with Crippen LogP contribution in [-0.2, 0) is 9.59 Å². The van der Waals surface area contributed by atoms with Gasteiger partial charge in [-0.1, -0.05) is 25.0 Å². The second-order valence-corrected chi connectivity index (χ2v) is 16.1. The van der Waals surface area contributed by atoms with E-state index in [2.05, 4.69) is 26.6 Å². The van der Waals surface area contributed by atoms with Gasteiger partial charge in [-0.2, -0.15) is 23.5 Å². The van der Waals surface area contributed by atoms with Gasteiger partial charge in [-0.3, -0.25) is 29.3 Å². The molecule has 2 aromatic rings. The lowest BCUT2D eigenvalue weighted by Gasteiger charge is -2.16. The molecule has 17 heteroatoms. The number of ether oxygens (including phenoxy) is 1. The van der Waals surface area contributed by atoms with Gasteiger partial charge in [-0.25, -0.2) is 9.59 Å². The highest BCUT2D eigenvalue weighted by Crippen LogP contribution is 2.34. The van der Waals surface area contributed by atoms with Crippen molar-refractivity contribution in [3.05, 3.63) is 69.8 Å². The minimum Gasteiger partial charge on any atom is -0.427 e. The summed E-state index contributed by atoms with van der Waals surface area (Å²) in [5, 5.41) is 25.8. The summed E-state index contributed by atoms with van der Waals surface area (Å²) in [7, 11) is 0. The molecular weight excluding hydrogens is 737 g/mol. The maximum absolute atomic E-state index is 12.3. The van der Waals surface area contributed by atoms with E-state index in [1.165, 1.54) is 24.3 Å². The van der Waals surface area contributed by atoms with E-state index in [4.69, 9.17) is 4.74 Å². The van der Waals surface area contributed by atoms with Crippen molar-refractivity contribution in [2.75, 3.05) is 18.1 Å². The summed E-state index contributed by atoms with van der Waals surface area (Å²) >= 11 is 3.72. The molecule has 290 valence electrons. The van der Waals surface area contributed by atoms with Crippen molar-refractivity contribution >= 4 is 64.7 Å². The molecule has 54 heavy (non-hydrogen) atoms. The lowest BCUT2D eigenvalue weighted by atomic mass is 9.99. The van der Waals surface area contributed by atoms with Crippen molar-refractivity contribution in [2.24, 2.45) is 0 Å². The highest BCUT2D eigenvalue weighted by molar-refractivity contribution is 8.00. The van der Waals surface area contributed by atoms with E-state index in [1.54, 1.807) is 24.3 Å². The number of unbranched alkanes of at least 4 members (excludes halogenated alkanes) is 2. The fraction of sp³-hybridized carbons (Fsp3) is 0.514. The summed E-state index contributed by atoms with van der Waals surface area (Å²) in [4.78, 5) is 80.8. The second kappa shape index (κ2) is 19.6. The number of rotatable bonds is 17. The predicted octanol–water partition coefficient (Wildman–Crippen LogP) is 4.53. The number of urea groups is 2. The Kier molecular flexibility index (Phi) is 14.7. The topological polar surface area (TPSA) is 215 Å². The standard InChI is InChI=1S/C21H27N3O4S.C16H19N3O5S/c1-2-22-20(27)14-9-7-13(8-10-14)17(26)11-15(25)5-3-4-6-18-19-16(12-29-18)23-21(28)24-19;20-14(24-11-7-5-10(6-8-11)19(22)23)4-2-1-3-13-15-12(9-25-13)17-16(21)18-15/h7-10,16,18-19H,2-6,11-12H2,1H3,(H,22,27)(H2,23,24,28);5-8,12-13,15H,1-4,9H2,(H2,17,18,21). The first-order chi connectivity index (χ1) is 26.0. The third-order valence-corrected chi connectivity index (χ3v) is 12.7. The molecule has 0 spiro atoms. The number of hydrogen-bond donors (Lipinski definition) is 5. The largest absolute Gasteiger partial charge is 0.427 e. The number of nitro groups is 1. The SMILES string of the molecule is CCNC(=O)c1ccc(C(=O)CC(=O)CCCCC2SCC3NC(=O)NC32)cc1.O=C1NC2CSC(CCCCC(=O)Oc3ccc([N+](=O)[O-])cc3)C2N1. The molecule has 5 amide bonds. The van der Waals surface area contributed by atoms with Gasteiger partial charge in [-0.05, 0) is 56.9 Å². The summed E-state index contributed by atoms with van der Waals surface area (Å²) in [5.41, 5.74) is 0.903. The Bertz CT molecular complexity index is 1690. The van der Waals surface area contributed by atoms with Gasteiger partial charge in [0.1, 0.15) is 11.5 Å². The van der Waals surface area contributed by atoms with Crippen molar-refractivity contribution in [3.63, 3.8) is 0 Å². The van der Waals surface area contributed by atoms with Crippen molar-refractivity contribution in [1.29, 1.82) is 0 Å². The van der Waals surface area contributed by atoms with Gasteiger partial charge in [0.05, 0.1) is 35.5 Å². The summed E-state index contributed by atoms with van der Waals surface area (Å²) in [6, 6.07) is 12.5. The van der Waals surface area contributed by atoms with Crippen LogP contribution in [0.5, 0.6) is 5.75 Å². The molecule has 4 fully saturated rings. The zero-order chi connectivity index (χ0) is 38.6. The Morgan fingerprint density at radius 2 is 1.31 bits per heavy atom. The van der Waals surface area contributed by atoms with Crippen LogP contribution in [0.15, 0.2) is 48.5 Å². The number of esters is 1. The van der Waals surface area contributed by atoms with Crippen molar-refractivity contribution in [3.8, 4) is 5.75 Å². The molecule has 0 aliphatic carbocycles. The van der Waals surface area contributed by atoms with E-state index in [-0.39, 0.29) is 71.8 Å². The number of fused-ring (bicyclic) bond motifs is 2. The monoisotopic (exact) mass is 782 g/mol. The molecule has 2 aromatic carbocycles. The van der Waals surface area contributed by atoms with Crippen molar-refractivity contribution in [1.82, 2.24) is 26.6 Å². The minimum absolute atomic E-state index is 0.0411. The predicted molar refractivity (Wildman–Crippen MR) is 205 cm³/mol. The molecule has 4 saturated heterocycles. The van der Waals surface area contributed by atoms with Gasteiger partial charge < -0.3 is 31.3 Å². The van der Waals surface area contributed by atoms with Crippen LogP contribution in [0.3, 0.4) is 0 Å². The lowest BCUT2D eigenvalue weighted by molar-refractivity contribution is -0.384. The van der Waals surface area contributed by atoms with Crippen LogP contribution in [0, 0.1) is 10.1 Å². The number of nitrogens with zero attached hydrogens (tertiary/aromatic N) is 1. The number of amides is 5. The zero-order valence-corrected chi connectivity index (χ0v) is 31.6. The molecule has 4 aliphatic heterocycles. The Hall–Kier alpha value is -4.64. The fourth-order valence-electron chi connectivity index (χ4n) is 6.83. The molecule has 0 saturated carbocycles. The van der Waals surface area contributed by atoms with E-state index in [9.17, 15) is 38.9 Å². The van der Waals surface area contributed by atoms with E-state index < -0.39 is 4.92 Å². The molecule has 4 heterocycles. The molecule has 0 aromatic heterocycles. The van der Waals surface area contributed by atoms with Gasteiger partial charge in [0.2, 0.25) is 0 Å². The molecule has 4 aliphatic rings. The molecule has 15 nitrogen and oxygen atoms in total. The third-order valence-electron chi connectivity index (χ3n) is 9.63. The summed E-state index contributed by atoms with van der Waals surface area (Å²) in [5.74, 6) is 1.37. The Balaban J connectivity index is 0.000000210. The Morgan fingerprint density at radius 1 is 0.778 bits per heavy atom. The summed E-state index contributed by atoms with van der Waals surface area (Å²) in [6.45, 7) is 2.38. The van der Waals surface area contributed by atoms with Crippen LogP contribution < -0.4 is 31.3 Å². The number of ketones is 2. The van der Waals surface area contributed by atoms with Crippen LogP contribution in [0.4, 0.5) is 15.3 Å². The van der Waals surface area contributed by atoms with Crippen LogP contribution in [0.2, 0.25) is 0 Å². The molecule has 6 unspecified atom stereocenters. The van der Waals surface area contributed by atoms with Gasteiger partial charge in [-0.15, -0.1) is 0 Å². The number of benzene rings is 2. The smallest absolute Gasteiger partial charge is 0.315 e. The van der Waals surface area contributed by atoms with E-state index in [0.717, 1.165) is 43.6 Å². The minimum atomic E-state index is -0.501. The van der Waals surface area contributed by atoms with Gasteiger partial charge >= 0.3 is 18.0 Å². The molecule has 5 N–H and O–H groups in total. The summed E-state index contributed by atoms with van der Waals surface area (Å²) in [6.07, 6.45) is 5.72. The average Bonchev–Trinajstić information content (AvgIpc) is 3.91. The molecule has 0 radical (unpaired) electrons. The first kappa shape index (κ1) is 40.5. The molecule has 6 rings (SSSR count). The van der Waals surface area contributed by atoms with E-state index in [1.807, 2.05) is 30.4 Å². The maximum Gasteiger partial charge on any atom is 0.315 e. The average molecular weight is 783 g/mol. The normalized spacial score (nSPS) is 23.4. The van der Waals surface area contributed by atoms with Crippen LogP contribution in [0.25, 0.3) is 0 Å². The fourth-order valence-corrected chi connectivity index (χ4v) is 9.91. The number of Topliss-reactive ketones (excluding diaryl/α,β-unsaturated/α-hetero) is 2. The number of non-ortho nitro benzene ring substituents is 1. The number of nitro benzene ring substituents is 1. The third kappa shape index (κ3) is 11.4.